The molecule has 1 N–H and O–H groups in total. The minimum absolute atomic E-state index is 0.00380. The molecule has 6 heteroatoms. The molecule has 1 aromatic heterocycles. The van der Waals surface area contributed by atoms with Crippen LogP contribution in [0.25, 0.3) is 0 Å². The molecule has 24 heavy (non-hydrogen) atoms. The third kappa shape index (κ3) is 4.79. The minimum Gasteiger partial charge on any atom is -0.378 e. The quantitative estimate of drug-likeness (QED) is 0.852. The van der Waals surface area contributed by atoms with E-state index in [9.17, 15) is 4.79 Å². The third-order valence-corrected chi connectivity index (χ3v) is 4.39. The summed E-state index contributed by atoms with van der Waals surface area (Å²) in [6, 6.07) is 11.9. The van der Waals surface area contributed by atoms with E-state index in [1.807, 2.05) is 36.4 Å². The number of nitrogens with one attached hydrogen (secondary N) is 1. The molecule has 3 rings (SSSR count). The standard InChI is InChI=1S/C18H20BrN3O2/c19-15-3-1-2-14(12-15)4-7-18(23)21-16-5-6-17(20-13-16)22-8-10-24-11-9-22/h1-3,5-6,12-13H,4,7-11H2,(H,21,23). The van der Waals surface area contributed by atoms with Crippen molar-refractivity contribution in [2.24, 2.45) is 0 Å². The molecule has 5 nitrogen and oxygen atoms in total. The summed E-state index contributed by atoms with van der Waals surface area (Å²) in [7, 11) is 0. The van der Waals surface area contributed by atoms with Crippen molar-refractivity contribution in [3.05, 3.63) is 52.6 Å². The zero-order chi connectivity index (χ0) is 16.8. The van der Waals surface area contributed by atoms with Gasteiger partial charge in [0.1, 0.15) is 5.82 Å². The number of rotatable bonds is 5. The van der Waals surface area contributed by atoms with Crippen molar-refractivity contribution in [3.63, 3.8) is 0 Å². The molecule has 1 aliphatic heterocycles. The number of aryl methyl sites for hydroxylation is 1. The average molecular weight is 390 g/mol. The number of halogens is 1. The van der Waals surface area contributed by atoms with E-state index in [1.165, 1.54) is 0 Å². The lowest BCUT2D eigenvalue weighted by Gasteiger charge is -2.27. The Balaban J connectivity index is 1.50. The van der Waals surface area contributed by atoms with Gasteiger partial charge in [0.05, 0.1) is 25.1 Å². The fraction of sp³-hybridized carbons (Fsp3) is 0.333. The van der Waals surface area contributed by atoms with Crippen molar-refractivity contribution < 1.29 is 9.53 Å². The molecule has 0 bridgehead atoms. The molecule has 1 saturated heterocycles. The number of morpholine rings is 1. The Labute approximate surface area is 150 Å². The minimum atomic E-state index is -0.00380. The molecule has 0 saturated carbocycles. The molecule has 0 atom stereocenters. The lowest BCUT2D eigenvalue weighted by atomic mass is 10.1. The second-order valence-electron chi connectivity index (χ2n) is 5.68. The smallest absolute Gasteiger partial charge is 0.224 e. The third-order valence-electron chi connectivity index (χ3n) is 3.90. The Morgan fingerprint density at radius 2 is 2.08 bits per heavy atom. The summed E-state index contributed by atoms with van der Waals surface area (Å²) in [4.78, 5) is 18.7. The van der Waals surface area contributed by atoms with Gasteiger partial charge in [-0.25, -0.2) is 4.98 Å². The van der Waals surface area contributed by atoms with Gasteiger partial charge in [0, 0.05) is 24.0 Å². The van der Waals surface area contributed by atoms with Gasteiger partial charge in [0.15, 0.2) is 0 Å². The van der Waals surface area contributed by atoms with Crippen LogP contribution in [0.4, 0.5) is 11.5 Å². The number of hydrogen-bond donors (Lipinski definition) is 1. The first-order valence-corrected chi connectivity index (χ1v) is 8.83. The van der Waals surface area contributed by atoms with Crippen LogP contribution in [0.5, 0.6) is 0 Å². The summed E-state index contributed by atoms with van der Waals surface area (Å²) in [5.74, 6) is 0.918. The summed E-state index contributed by atoms with van der Waals surface area (Å²) in [6.07, 6.45) is 2.87. The highest BCUT2D eigenvalue weighted by Crippen LogP contribution is 2.16. The molecule has 2 heterocycles. The number of benzene rings is 1. The highest BCUT2D eigenvalue weighted by atomic mass is 79.9. The molecule has 1 aromatic carbocycles. The van der Waals surface area contributed by atoms with E-state index in [4.69, 9.17) is 4.74 Å². The number of carbonyl (C=O) groups is 1. The van der Waals surface area contributed by atoms with Crippen molar-refractivity contribution >= 4 is 33.3 Å². The molecule has 1 fully saturated rings. The average Bonchev–Trinajstić information content (AvgIpc) is 2.61. The maximum atomic E-state index is 12.1. The zero-order valence-corrected chi connectivity index (χ0v) is 15.0. The number of anilines is 2. The van der Waals surface area contributed by atoms with Crippen molar-refractivity contribution in [2.75, 3.05) is 36.5 Å². The molecular weight excluding hydrogens is 370 g/mol. The summed E-state index contributed by atoms with van der Waals surface area (Å²) in [5, 5.41) is 2.90. The van der Waals surface area contributed by atoms with E-state index in [0.717, 1.165) is 47.8 Å². The lowest BCUT2D eigenvalue weighted by molar-refractivity contribution is -0.116. The van der Waals surface area contributed by atoms with Crippen molar-refractivity contribution in [3.8, 4) is 0 Å². The Bertz CT molecular complexity index is 685. The van der Waals surface area contributed by atoms with Gasteiger partial charge in [-0.2, -0.15) is 0 Å². The van der Waals surface area contributed by atoms with E-state index < -0.39 is 0 Å². The first kappa shape index (κ1) is 16.9. The van der Waals surface area contributed by atoms with Gasteiger partial charge in [-0.1, -0.05) is 28.1 Å². The number of pyridine rings is 1. The number of aromatic nitrogens is 1. The van der Waals surface area contributed by atoms with E-state index in [-0.39, 0.29) is 5.91 Å². The monoisotopic (exact) mass is 389 g/mol. The fourth-order valence-electron chi connectivity index (χ4n) is 2.61. The van der Waals surface area contributed by atoms with Crippen LogP contribution in [0.3, 0.4) is 0 Å². The van der Waals surface area contributed by atoms with Gasteiger partial charge < -0.3 is 15.0 Å². The van der Waals surface area contributed by atoms with Crippen molar-refractivity contribution in [1.82, 2.24) is 4.98 Å². The number of carbonyl (C=O) groups excluding carboxylic acids is 1. The topological polar surface area (TPSA) is 54.5 Å². The highest BCUT2D eigenvalue weighted by molar-refractivity contribution is 9.10. The van der Waals surface area contributed by atoms with Crippen LogP contribution in [0.1, 0.15) is 12.0 Å². The van der Waals surface area contributed by atoms with Crippen LogP contribution in [0.2, 0.25) is 0 Å². The van der Waals surface area contributed by atoms with Crippen LogP contribution in [-0.2, 0) is 16.0 Å². The van der Waals surface area contributed by atoms with Crippen LogP contribution in [0, 0.1) is 0 Å². The van der Waals surface area contributed by atoms with Crippen LogP contribution < -0.4 is 10.2 Å². The summed E-state index contributed by atoms with van der Waals surface area (Å²) in [5.41, 5.74) is 1.87. The molecular formula is C18H20BrN3O2. The second kappa shape index (κ2) is 8.26. The lowest BCUT2D eigenvalue weighted by Crippen LogP contribution is -2.36. The van der Waals surface area contributed by atoms with E-state index in [2.05, 4.69) is 31.1 Å². The summed E-state index contributed by atoms with van der Waals surface area (Å²) < 4.78 is 6.37. The number of hydrogen-bond acceptors (Lipinski definition) is 4. The second-order valence-corrected chi connectivity index (χ2v) is 6.60. The van der Waals surface area contributed by atoms with E-state index in [1.54, 1.807) is 6.20 Å². The molecule has 0 radical (unpaired) electrons. The molecule has 2 aromatic rings. The first-order valence-electron chi connectivity index (χ1n) is 8.04. The Hall–Kier alpha value is -1.92. The molecule has 1 amide bonds. The van der Waals surface area contributed by atoms with Gasteiger partial charge in [-0.15, -0.1) is 0 Å². The van der Waals surface area contributed by atoms with Crippen LogP contribution >= 0.6 is 15.9 Å². The molecule has 1 aliphatic rings. The fourth-order valence-corrected chi connectivity index (χ4v) is 3.06. The zero-order valence-electron chi connectivity index (χ0n) is 13.4. The van der Waals surface area contributed by atoms with Crippen molar-refractivity contribution in [2.45, 2.75) is 12.8 Å². The maximum absolute atomic E-state index is 12.1. The van der Waals surface area contributed by atoms with E-state index in [0.29, 0.717) is 12.8 Å². The van der Waals surface area contributed by atoms with Crippen molar-refractivity contribution in [1.29, 1.82) is 0 Å². The van der Waals surface area contributed by atoms with Gasteiger partial charge >= 0.3 is 0 Å². The normalized spacial score (nSPS) is 14.5. The number of amides is 1. The Morgan fingerprint density at radius 1 is 1.25 bits per heavy atom. The molecule has 0 spiro atoms. The molecule has 0 unspecified atom stereocenters. The Morgan fingerprint density at radius 3 is 2.79 bits per heavy atom. The number of ether oxygens (including phenoxy) is 1. The number of nitrogens with zero attached hydrogens (tertiary/aromatic N) is 2. The van der Waals surface area contributed by atoms with Gasteiger partial charge in [-0.3, -0.25) is 4.79 Å². The largest absolute Gasteiger partial charge is 0.378 e. The Kier molecular flexibility index (Phi) is 5.82. The molecule has 126 valence electrons. The summed E-state index contributed by atoms with van der Waals surface area (Å²) >= 11 is 3.44. The SMILES string of the molecule is O=C(CCc1cccc(Br)c1)Nc1ccc(N2CCOCC2)nc1. The van der Waals surface area contributed by atoms with Crippen LogP contribution in [-0.4, -0.2) is 37.2 Å². The predicted octanol–water partition coefficient (Wildman–Crippen LogP) is 3.25. The van der Waals surface area contributed by atoms with Gasteiger partial charge in [0.2, 0.25) is 5.91 Å². The molecule has 0 aliphatic carbocycles. The van der Waals surface area contributed by atoms with Gasteiger partial charge in [0.25, 0.3) is 0 Å². The summed E-state index contributed by atoms with van der Waals surface area (Å²) in [6.45, 7) is 3.17. The van der Waals surface area contributed by atoms with Crippen LogP contribution in [0.15, 0.2) is 47.1 Å². The predicted molar refractivity (Wildman–Crippen MR) is 98.4 cm³/mol. The first-order chi connectivity index (χ1) is 11.7. The van der Waals surface area contributed by atoms with E-state index >= 15 is 0 Å². The highest BCUT2D eigenvalue weighted by Gasteiger charge is 2.12. The van der Waals surface area contributed by atoms with Gasteiger partial charge in [-0.05, 0) is 36.2 Å². The maximum Gasteiger partial charge on any atom is 0.224 e.